The molecular formula is C23H25ClO10. The number of halogens is 1. The van der Waals surface area contributed by atoms with E-state index in [2.05, 4.69) is 0 Å². The van der Waals surface area contributed by atoms with Crippen molar-refractivity contribution in [3.05, 3.63) is 64.7 Å². The van der Waals surface area contributed by atoms with E-state index in [0.717, 1.165) is 0 Å². The summed E-state index contributed by atoms with van der Waals surface area (Å²) in [7, 11) is 0. The van der Waals surface area contributed by atoms with E-state index in [0.29, 0.717) is 16.1 Å². The van der Waals surface area contributed by atoms with Gasteiger partial charge in [-0.3, -0.25) is 0 Å². The normalized spacial score (nSPS) is 25.9. The van der Waals surface area contributed by atoms with Gasteiger partial charge in [0.25, 0.3) is 0 Å². The number of carbonyl (C=O) groups excluding carboxylic acids is 1. The largest absolute Gasteiger partial charge is 0.479 e. The maximum absolute atomic E-state index is 12.7. The molecule has 1 aliphatic heterocycles. The first-order valence-corrected chi connectivity index (χ1v) is 10.6. The maximum atomic E-state index is 12.7. The van der Waals surface area contributed by atoms with Gasteiger partial charge < -0.3 is 39.7 Å². The van der Waals surface area contributed by atoms with Crippen molar-refractivity contribution in [1.29, 1.82) is 0 Å². The van der Waals surface area contributed by atoms with Gasteiger partial charge in [-0.15, -0.1) is 0 Å². The fourth-order valence-corrected chi connectivity index (χ4v) is 3.41. The first-order chi connectivity index (χ1) is 15.9. The summed E-state index contributed by atoms with van der Waals surface area (Å²) in [4.78, 5) is 23.9. The summed E-state index contributed by atoms with van der Waals surface area (Å²) < 4.78 is 15.7. The molecule has 0 aromatic heterocycles. The number of benzene rings is 2. The Morgan fingerprint density at radius 1 is 0.941 bits per heavy atom. The lowest BCUT2D eigenvalue weighted by atomic mass is 9.99. The van der Waals surface area contributed by atoms with Crippen LogP contribution in [0.25, 0.3) is 0 Å². The molecule has 184 valence electrons. The summed E-state index contributed by atoms with van der Waals surface area (Å²) in [5.41, 5.74) is -0.403. The number of rotatable bonds is 7. The van der Waals surface area contributed by atoms with Gasteiger partial charge in [0.2, 0.25) is 6.29 Å². The molecule has 2 aromatic rings. The topological polar surface area (TPSA) is 163 Å². The summed E-state index contributed by atoms with van der Waals surface area (Å²) in [6.45, 7) is 2.75. The van der Waals surface area contributed by atoms with Crippen LogP contribution in [0.1, 0.15) is 31.1 Å². The number of carbonyl (C=O) groups is 2. The van der Waals surface area contributed by atoms with Gasteiger partial charge in [-0.2, -0.15) is 0 Å². The van der Waals surface area contributed by atoms with Crippen molar-refractivity contribution < 1.29 is 49.3 Å². The molecule has 0 saturated carbocycles. The van der Waals surface area contributed by atoms with E-state index in [-0.39, 0.29) is 5.75 Å². The molecule has 1 saturated heterocycles. The molecule has 2 unspecified atom stereocenters. The van der Waals surface area contributed by atoms with Crippen LogP contribution >= 0.6 is 11.6 Å². The number of carboxylic acids is 1. The Hall–Kier alpha value is -2.73. The SMILES string of the molecule is CC(C)(Oc1ccc(C(O)c2ccc(Cl)cc2)cc1)C(=O)OC1O[C@H](C(=O)O)[C@@H](O)[C@H](O)[C@H]1O. The molecule has 0 radical (unpaired) electrons. The lowest BCUT2D eigenvalue weighted by Gasteiger charge is -2.39. The minimum absolute atomic E-state index is 0.262. The van der Waals surface area contributed by atoms with Crippen molar-refractivity contribution >= 4 is 23.5 Å². The lowest BCUT2D eigenvalue weighted by molar-refractivity contribution is -0.289. The highest BCUT2D eigenvalue weighted by molar-refractivity contribution is 6.30. The van der Waals surface area contributed by atoms with Gasteiger partial charge >= 0.3 is 11.9 Å². The van der Waals surface area contributed by atoms with E-state index in [9.17, 15) is 30.0 Å². The molecule has 3 rings (SSSR count). The third-order valence-corrected chi connectivity index (χ3v) is 5.53. The van der Waals surface area contributed by atoms with Gasteiger partial charge in [-0.05, 0) is 49.2 Å². The quantitative estimate of drug-likeness (QED) is 0.349. The fourth-order valence-electron chi connectivity index (χ4n) is 3.29. The number of hydrogen-bond acceptors (Lipinski definition) is 9. The fraction of sp³-hybridized carbons (Fsp3) is 0.391. The van der Waals surface area contributed by atoms with Crippen LogP contribution in [-0.4, -0.2) is 73.8 Å². The minimum atomic E-state index is -1.91. The van der Waals surface area contributed by atoms with E-state index in [1.165, 1.54) is 26.0 Å². The van der Waals surface area contributed by atoms with Crippen LogP contribution in [0.4, 0.5) is 0 Å². The van der Waals surface area contributed by atoms with Crippen molar-refractivity contribution in [3.63, 3.8) is 0 Å². The van der Waals surface area contributed by atoms with Crippen LogP contribution in [0, 0.1) is 0 Å². The van der Waals surface area contributed by atoms with Crippen LogP contribution < -0.4 is 4.74 Å². The van der Waals surface area contributed by atoms with E-state index >= 15 is 0 Å². The van der Waals surface area contributed by atoms with Crippen molar-refractivity contribution in [2.45, 2.75) is 56.3 Å². The molecule has 0 spiro atoms. The van der Waals surface area contributed by atoms with Crippen molar-refractivity contribution in [2.75, 3.05) is 0 Å². The average molecular weight is 497 g/mol. The van der Waals surface area contributed by atoms with Gasteiger partial charge in [-0.1, -0.05) is 35.9 Å². The Bertz CT molecular complexity index is 1010. The molecule has 11 heteroatoms. The van der Waals surface area contributed by atoms with Crippen LogP contribution in [0.2, 0.25) is 5.02 Å². The molecule has 34 heavy (non-hydrogen) atoms. The Morgan fingerprint density at radius 3 is 2.00 bits per heavy atom. The molecule has 0 aliphatic carbocycles. The summed E-state index contributed by atoms with van der Waals surface area (Å²) in [5.74, 6) is -2.36. The highest BCUT2D eigenvalue weighted by Gasteiger charge is 2.49. The second-order valence-electron chi connectivity index (χ2n) is 8.28. The van der Waals surface area contributed by atoms with Crippen LogP contribution in [-0.2, 0) is 19.1 Å². The summed E-state index contributed by atoms with van der Waals surface area (Å²) >= 11 is 5.87. The Balaban J connectivity index is 1.66. The lowest BCUT2D eigenvalue weighted by Crippen LogP contribution is -2.61. The molecule has 10 nitrogen and oxygen atoms in total. The first-order valence-electron chi connectivity index (χ1n) is 10.3. The van der Waals surface area contributed by atoms with Gasteiger partial charge in [0.1, 0.15) is 30.2 Å². The van der Waals surface area contributed by atoms with E-state index in [1.54, 1.807) is 36.4 Å². The van der Waals surface area contributed by atoms with Crippen LogP contribution in [0.15, 0.2) is 48.5 Å². The van der Waals surface area contributed by atoms with Crippen molar-refractivity contribution in [2.24, 2.45) is 0 Å². The Labute approximate surface area is 199 Å². The van der Waals surface area contributed by atoms with Gasteiger partial charge in [-0.25, -0.2) is 9.59 Å². The minimum Gasteiger partial charge on any atom is -0.479 e. The Morgan fingerprint density at radius 2 is 1.47 bits per heavy atom. The summed E-state index contributed by atoms with van der Waals surface area (Å²) in [6.07, 6.45) is -10.3. The molecular weight excluding hydrogens is 472 g/mol. The number of carboxylic acid groups (broad SMARTS) is 1. The average Bonchev–Trinajstić information content (AvgIpc) is 2.79. The predicted molar refractivity (Wildman–Crippen MR) is 117 cm³/mol. The zero-order valence-corrected chi connectivity index (χ0v) is 19.0. The first kappa shape index (κ1) is 25.9. The second kappa shape index (κ2) is 10.3. The molecule has 2 aromatic carbocycles. The third kappa shape index (κ3) is 5.66. The number of hydrogen-bond donors (Lipinski definition) is 5. The highest BCUT2D eigenvalue weighted by atomic mass is 35.5. The van der Waals surface area contributed by atoms with Crippen molar-refractivity contribution in [1.82, 2.24) is 0 Å². The third-order valence-electron chi connectivity index (χ3n) is 5.28. The number of aliphatic hydroxyl groups is 4. The Kier molecular flexibility index (Phi) is 7.81. The van der Waals surface area contributed by atoms with Crippen LogP contribution in [0.3, 0.4) is 0 Å². The maximum Gasteiger partial charge on any atom is 0.352 e. The zero-order valence-electron chi connectivity index (χ0n) is 18.2. The molecule has 1 heterocycles. The monoisotopic (exact) mass is 496 g/mol. The number of ether oxygens (including phenoxy) is 3. The number of aliphatic hydroxyl groups excluding tert-OH is 4. The second-order valence-corrected chi connectivity index (χ2v) is 8.71. The molecule has 0 bridgehead atoms. The van der Waals surface area contributed by atoms with Gasteiger partial charge in [0.15, 0.2) is 11.7 Å². The smallest absolute Gasteiger partial charge is 0.352 e. The standard InChI is InChI=1S/C23H25ClO10/c1-23(2,22(31)33-21-18(28)16(26)17(27)19(32-21)20(29)30)34-14-9-5-12(6-10-14)15(25)11-3-7-13(24)8-4-11/h3-10,15-19,21,25-28H,1-2H3,(H,29,30)/t15?,16-,17-,18+,19-,21?/m0/s1. The molecule has 6 atom stereocenters. The summed E-state index contributed by atoms with van der Waals surface area (Å²) in [5, 5.41) is 49.8. The van der Waals surface area contributed by atoms with Gasteiger partial charge in [0.05, 0.1) is 0 Å². The van der Waals surface area contributed by atoms with E-state index in [4.69, 9.17) is 30.9 Å². The van der Waals surface area contributed by atoms with Crippen LogP contribution in [0.5, 0.6) is 5.75 Å². The van der Waals surface area contributed by atoms with Crippen molar-refractivity contribution in [3.8, 4) is 5.75 Å². The number of esters is 1. The number of aliphatic carboxylic acids is 1. The van der Waals surface area contributed by atoms with Gasteiger partial charge in [0, 0.05) is 5.02 Å². The zero-order chi connectivity index (χ0) is 25.2. The highest BCUT2D eigenvalue weighted by Crippen LogP contribution is 2.28. The molecule has 5 N–H and O–H groups in total. The molecule has 1 aliphatic rings. The van der Waals surface area contributed by atoms with E-state index < -0.39 is 54.3 Å². The van der Waals surface area contributed by atoms with E-state index in [1.807, 2.05) is 0 Å². The molecule has 1 fully saturated rings. The predicted octanol–water partition coefficient (Wildman–Crippen LogP) is 1.01. The molecule has 0 amide bonds. The summed E-state index contributed by atoms with van der Waals surface area (Å²) in [6, 6.07) is 13.0.